The Morgan fingerprint density at radius 2 is 1.75 bits per heavy atom. The van der Waals surface area contributed by atoms with Crippen LogP contribution in [0.2, 0.25) is 0 Å². The molecule has 4 bridgehead atoms. The van der Waals surface area contributed by atoms with E-state index in [4.69, 9.17) is 10.00 Å². The Kier molecular flexibility index (Phi) is 6.73. The van der Waals surface area contributed by atoms with Crippen molar-refractivity contribution in [2.24, 2.45) is 23.2 Å². The highest BCUT2D eigenvalue weighted by Crippen LogP contribution is 2.60. The Balaban J connectivity index is 1.26. The van der Waals surface area contributed by atoms with Gasteiger partial charge in [-0.2, -0.15) is 5.26 Å². The molecule has 0 spiro atoms. The van der Waals surface area contributed by atoms with E-state index in [1.165, 1.54) is 42.4 Å². The molecule has 4 saturated carbocycles. The van der Waals surface area contributed by atoms with E-state index in [1.807, 2.05) is 6.07 Å². The number of β-amino-alcohol motifs (C(OH)–C–C–N with tert-alkyl or cyclic N) is 1. The second-order valence-electron chi connectivity index (χ2n) is 11.1. The van der Waals surface area contributed by atoms with Gasteiger partial charge in [-0.1, -0.05) is 12.1 Å². The smallest absolute Gasteiger partial charge is 0.329 e. The molecule has 5 aliphatic rings. The van der Waals surface area contributed by atoms with Crippen molar-refractivity contribution in [2.45, 2.75) is 63.5 Å². The summed E-state index contributed by atoms with van der Waals surface area (Å²) in [6.45, 7) is -0.616. The Labute approximate surface area is 210 Å². The number of amides is 2. The van der Waals surface area contributed by atoms with Crippen LogP contribution in [-0.2, 0) is 19.1 Å². The number of hydrogen-bond acceptors (Lipinski definition) is 6. The number of nitriles is 1. The van der Waals surface area contributed by atoms with E-state index in [-0.39, 0.29) is 37.5 Å². The van der Waals surface area contributed by atoms with E-state index in [9.17, 15) is 23.9 Å². The molecule has 1 aliphatic heterocycles. The van der Waals surface area contributed by atoms with E-state index in [0.29, 0.717) is 17.8 Å². The molecular weight excluding hydrogens is 465 g/mol. The van der Waals surface area contributed by atoms with Gasteiger partial charge in [-0.05, 0) is 68.4 Å². The zero-order chi connectivity index (χ0) is 25.4. The fourth-order valence-corrected chi connectivity index (χ4v) is 7.46. The number of anilines is 1. The SMILES string of the molecule is N#CCCN(C(=O)COC(=O)[C@@H]1C[C@@H](O)CN1C(=O)C12CC3CC(CC(C3)C1)C2)c1ccccc1F. The lowest BCUT2D eigenvalue weighted by Crippen LogP contribution is -2.56. The number of nitrogens with zero attached hydrogens (tertiary/aromatic N) is 3. The zero-order valence-electron chi connectivity index (χ0n) is 20.3. The normalized spacial score (nSPS) is 32.2. The predicted molar refractivity (Wildman–Crippen MR) is 127 cm³/mol. The van der Waals surface area contributed by atoms with Crippen LogP contribution in [0, 0.1) is 40.3 Å². The second kappa shape index (κ2) is 9.81. The summed E-state index contributed by atoms with van der Waals surface area (Å²) in [4.78, 5) is 42.3. The van der Waals surface area contributed by atoms with Crippen molar-refractivity contribution in [2.75, 3.05) is 24.6 Å². The highest BCUT2D eigenvalue weighted by molar-refractivity contribution is 5.96. The first-order chi connectivity index (χ1) is 17.3. The van der Waals surface area contributed by atoms with Crippen molar-refractivity contribution < 1.29 is 28.6 Å². The average molecular weight is 498 g/mol. The van der Waals surface area contributed by atoms with Crippen LogP contribution in [0.15, 0.2) is 24.3 Å². The topological polar surface area (TPSA) is 111 Å². The molecule has 1 heterocycles. The maximum Gasteiger partial charge on any atom is 0.329 e. The molecule has 0 radical (unpaired) electrons. The molecule has 6 rings (SSSR count). The van der Waals surface area contributed by atoms with Gasteiger partial charge in [-0.3, -0.25) is 9.59 Å². The molecular formula is C27H32FN3O5. The Bertz CT molecular complexity index is 1050. The van der Waals surface area contributed by atoms with Gasteiger partial charge in [-0.25, -0.2) is 9.18 Å². The van der Waals surface area contributed by atoms with E-state index < -0.39 is 41.9 Å². The zero-order valence-corrected chi connectivity index (χ0v) is 20.3. The summed E-state index contributed by atoms with van der Waals surface area (Å²) in [5.74, 6) is -0.404. The van der Waals surface area contributed by atoms with Crippen LogP contribution >= 0.6 is 0 Å². The lowest BCUT2D eigenvalue weighted by Gasteiger charge is -2.56. The van der Waals surface area contributed by atoms with Gasteiger partial charge in [0.15, 0.2) is 6.61 Å². The number of ether oxygens (including phenoxy) is 1. The number of aliphatic hydroxyl groups excluding tert-OH is 1. The minimum Gasteiger partial charge on any atom is -0.454 e. The van der Waals surface area contributed by atoms with E-state index in [0.717, 1.165) is 24.2 Å². The molecule has 5 fully saturated rings. The Hall–Kier alpha value is -2.99. The fraction of sp³-hybridized carbons (Fsp3) is 0.630. The molecule has 1 aromatic carbocycles. The van der Waals surface area contributed by atoms with Crippen molar-refractivity contribution >= 4 is 23.5 Å². The molecule has 1 aromatic rings. The largest absolute Gasteiger partial charge is 0.454 e. The minimum atomic E-state index is -0.950. The molecule has 0 aromatic heterocycles. The second-order valence-corrected chi connectivity index (χ2v) is 11.1. The van der Waals surface area contributed by atoms with Crippen LogP contribution < -0.4 is 4.90 Å². The monoisotopic (exact) mass is 497 g/mol. The van der Waals surface area contributed by atoms with E-state index in [1.54, 1.807) is 6.07 Å². The van der Waals surface area contributed by atoms with Gasteiger partial charge in [0.1, 0.15) is 11.9 Å². The molecule has 36 heavy (non-hydrogen) atoms. The van der Waals surface area contributed by atoms with Gasteiger partial charge < -0.3 is 19.6 Å². The maximum absolute atomic E-state index is 14.3. The first kappa shape index (κ1) is 24.7. The quantitative estimate of drug-likeness (QED) is 0.580. The van der Waals surface area contributed by atoms with Gasteiger partial charge in [0.2, 0.25) is 5.91 Å². The number of likely N-dealkylation sites (tertiary alicyclic amines) is 1. The number of para-hydroxylation sites is 1. The van der Waals surface area contributed by atoms with E-state index in [2.05, 4.69) is 0 Å². The predicted octanol–water partition coefficient (Wildman–Crippen LogP) is 2.79. The average Bonchev–Trinajstić information content (AvgIpc) is 3.24. The lowest BCUT2D eigenvalue weighted by atomic mass is 9.49. The standard InChI is InChI=1S/C27H32FN3O5/c28-21-4-1-2-5-22(21)30(7-3-6-29)24(33)16-36-25(34)23-11-20(32)15-31(23)26(35)27-12-17-8-18(13-27)10-19(9-17)14-27/h1-2,4-5,17-20,23,32H,3,7-16H2/t17?,18?,19?,20-,23+,27?/m1/s1. The summed E-state index contributed by atoms with van der Waals surface area (Å²) in [7, 11) is 0. The number of carbonyl (C=O) groups excluding carboxylic acids is 3. The van der Waals surface area contributed by atoms with Crippen LogP contribution in [0.25, 0.3) is 0 Å². The number of rotatable bonds is 7. The van der Waals surface area contributed by atoms with Gasteiger partial charge >= 0.3 is 5.97 Å². The van der Waals surface area contributed by atoms with Gasteiger partial charge in [0, 0.05) is 19.5 Å². The molecule has 1 saturated heterocycles. The number of carbonyl (C=O) groups is 3. The summed E-state index contributed by atoms with van der Waals surface area (Å²) in [6, 6.07) is 6.68. The van der Waals surface area contributed by atoms with Crippen LogP contribution in [0.5, 0.6) is 0 Å². The third-order valence-electron chi connectivity index (χ3n) is 8.53. The number of aliphatic hydroxyl groups is 1. The summed E-state index contributed by atoms with van der Waals surface area (Å²) in [6.07, 6.45) is 5.32. The molecule has 9 heteroatoms. The van der Waals surface area contributed by atoms with Gasteiger partial charge in [0.25, 0.3) is 5.91 Å². The molecule has 4 aliphatic carbocycles. The molecule has 8 nitrogen and oxygen atoms in total. The first-order valence-corrected chi connectivity index (χ1v) is 12.9. The molecule has 0 unspecified atom stereocenters. The highest BCUT2D eigenvalue weighted by atomic mass is 19.1. The number of hydrogen-bond donors (Lipinski definition) is 1. The fourth-order valence-electron chi connectivity index (χ4n) is 7.46. The third kappa shape index (κ3) is 4.59. The van der Waals surface area contributed by atoms with Crippen molar-refractivity contribution in [1.82, 2.24) is 4.90 Å². The van der Waals surface area contributed by atoms with Crippen molar-refractivity contribution in [1.29, 1.82) is 5.26 Å². The van der Waals surface area contributed by atoms with Crippen LogP contribution in [-0.4, -0.2) is 59.6 Å². The van der Waals surface area contributed by atoms with Crippen molar-refractivity contribution in [3.05, 3.63) is 30.1 Å². The third-order valence-corrected chi connectivity index (χ3v) is 8.53. The highest BCUT2D eigenvalue weighted by Gasteiger charge is 2.57. The number of esters is 1. The lowest BCUT2D eigenvalue weighted by molar-refractivity contribution is -0.166. The molecule has 2 atom stereocenters. The van der Waals surface area contributed by atoms with Crippen LogP contribution in [0.4, 0.5) is 10.1 Å². The summed E-state index contributed by atoms with van der Waals surface area (Å²) < 4.78 is 19.6. The van der Waals surface area contributed by atoms with Gasteiger partial charge in [-0.15, -0.1) is 0 Å². The van der Waals surface area contributed by atoms with Crippen molar-refractivity contribution in [3.8, 4) is 6.07 Å². The molecule has 1 N–H and O–H groups in total. The number of halogens is 1. The molecule has 192 valence electrons. The maximum atomic E-state index is 14.3. The summed E-state index contributed by atoms with van der Waals surface area (Å²) >= 11 is 0. The minimum absolute atomic E-state index is 0.00343. The van der Waals surface area contributed by atoms with Crippen molar-refractivity contribution in [3.63, 3.8) is 0 Å². The van der Waals surface area contributed by atoms with Crippen LogP contribution in [0.1, 0.15) is 51.4 Å². The Morgan fingerprint density at radius 1 is 1.11 bits per heavy atom. The van der Waals surface area contributed by atoms with Gasteiger partial charge in [0.05, 0.1) is 29.7 Å². The first-order valence-electron chi connectivity index (χ1n) is 12.9. The summed E-state index contributed by atoms with van der Waals surface area (Å²) in [5, 5.41) is 19.3. The molecule has 2 amide bonds. The number of benzene rings is 1. The Morgan fingerprint density at radius 3 is 2.36 bits per heavy atom. The summed E-state index contributed by atoms with van der Waals surface area (Å²) in [5.41, 5.74) is -0.449. The van der Waals surface area contributed by atoms with Crippen LogP contribution in [0.3, 0.4) is 0 Å². The van der Waals surface area contributed by atoms with E-state index >= 15 is 0 Å².